The Labute approximate surface area is 148 Å². The number of unbranched alkanes of at least 4 members (excludes halogenated alkanes) is 8. The van der Waals surface area contributed by atoms with Crippen molar-refractivity contribution in [3.05, 3.63) is 0 Å². The lowest BCUT2D eigenvalue weighted by Gasteiger charge is -2.41. The molecule has 0 spiro atoms. The van der Waals surface area contributed by atoms with Crippen LogP contribution in [-0.2, 0) is 9.59 Å². The Hall–Kier alpha value is -1.10. The molecule has 0 aliphatic carbocycles. The number of hydrogen-bond donors (Lipinski definition) is 1. The number of hydrogen-bond acceptors (Lipinski definition) is 4. The highest BCUT2D eigenvalue weighted by Gasteiger charge is 2.34. The molecule has 1 unspecified atom stereocenters. The van der Waals surface area contributed by atoms with Gasteiger partial charge in [0.1, 0.15) is 5.66 Å². The first-order valence-electron chi connectivity index (χ1n) is 9.60. The third-order valence-electron chi connectivity index (χ3n) is 4.57. The van der Waals surface area contributed by atoms with Gasteiger partial charge in [-0.05, 0) is 26.9 Å². The predicted octanol–water partition coefficient (Wildman–Crippen LogP) is 2.83. The Bertz CT molecular complexity index is 359. The fourth-order valence-corrected chi connectivity index (χ4v) is 2.98. The summed E-state index contributed by atoms with van der Waals surface area (Å²) in [7, 11) is 3.31. The van der Waals surface area contributed by atoms with Gasteiger partial charge in [-0.3, -0.25) is 9.69 Å². The van der Waals surface area contributed by atoms with Gasteiger partial charge in [-0.2, -0.15) is 0 Å². The van der Waals surface area contributed by atoms with E-state index in [0.29, 0.717) is 19.3 Å². The molecule has 0 aromatic carbocycles. The van der Waals surface area contributed by atoms with Gasteiger partial charge in [0.25, 0.3) is 0 Å². The lowest BCUT2D eigenvalue weighted by molar-refractivity contribution is -0.320. The number of carboxylic acid groups (broad SMARTS) is 1. The van der Waals surface area contributed by atoms with Crippen molar-refractivity contribution >= 4 is 11.9 Å². The smallest absolute Gasteiger partial charge is 0.221 e. The molecule has 142 valence electrons. The minimum atomic E-state index is -1.40. The number of aliphatic carboxylic acids is 1. The maximum Gasteiger partial charge on any atom is 0.221 e. The zero-order valence-corrected chi connectivity index (χ0v) is 16.2. The zero-order valence-electron chi connectivity index (χ0n) is 16.2. The fourth-order valence-electron chi connectivity index (χ4n) is 2.98. The van der Waals surface area contributed by atoms with Crippen molar-refractivity contribution < 1.29 is 14.7 Å². The van der Waals surface area contributed by atoms with Crippen LogP contribution in [0.15, 0.2) is 0 Å². The molecule has 0 saturated heterocycles. The maximum absolute atomic E-state index is 12.1. The van der Waals surface area contributed by atoms with Crippen LogP contribution in [0.1, 0.15) is 90.9 Å². The molecule has 0 aliphatic heterocycles. The molecule has 0 aromatic rings. The lowest BCUT2D eigenvalue weighted by Crippen LogP contribution is -2.67. The molecule has 0 aliphatic rings. The van der Waals surface area contributed by atoms with Crippen molar-refractivity contribution in [1.29, 1.82) is 0 Å². The number of nitrogens with zero attached hydrogens (tertiary/aromatic N) is 1. The lowest BCUT2D eigenvalue weighted by atomic mass is 10.0. The van der Waals surface area contributed by atoms with E-state index >= 15 is 0 Å². The molecule has 0 saturated carbocycles. The number of nitrogens with one attached hydrogen (secondary N) is 1. The first-order valence-corrected chi connectivity index (χ1v) is 9.60. The summed E-state index contributed by atoms with van der Waals surface area (Å²) in [6, 6.07) is 0. The average molecular weight is 342 g/mol. The largest absolute Gasteiger partial charge is 0.546 e. The number of likely N-dealkylation sites (N-methyl/N-ethyl adjacent to an activating group) is 1. The monoisotopic (exact) mass is 341 g/mol. The van der Waals surface area contributed by atoms with Gasteiger partial charge in [0.15, 0.2) is 0 Å². The second-order valence-electron chi connectivity index (χ2n) is 6.92. The Morgan fingerprint density at radius 1 is 0.875 bits per heavy atom. The standard InChI is InChI=1S/C19H38N2O3/c1-5-7-8-9-10-11-12-13-14-15-17(22)20-19(16-6-2,18(23)24)21(3)4/h5-16H2,1-4H3,(H,20,22)(H,23,24)/p-1. The molecular weight excluding hydrogens is 304 g/mol. The minimum Gasteiger partial charge on any atom is -0.546 e. The van der Waals surface area contributed by atoms with Crippen molar-refractivity contribution in [1.82, 2.24) is 10.2 Å². The molecule has 0 radical (unpaired) electrons. The molecule has 24 heavy (non-hydrogen) atoms. The van der Waals surface area contributed by atoms with Crippen LogP contribution in [0.25, 0.3) is 0 Å². The summed E-state index contributed by atoms with van der Waals surface area (Å²) in [5.41, 5.74) is -1.40. The van der Waals surface area contributed by atoms with Gasteiger partial charge >= 0.3 is 0 Å². The van der Waals surface area contributed by atoms with Gasteiger partial charge in [-0.15, -0.1) is 0 Å². The Morgan fingerprint density at radius 3 is 1.79 bits per heavy atom. The molecule has 0 heterocycles. The number of rotatable bonds is 15. The van der Waals surface area contributed by atoms with Crippen LogP contribution in [0.3, 0.4) is 0 Å². The predicted molar refractivity (Wildman–Crippen MR) is 96.3 cm³/mol. The summed E-state index contributed by atoms with van der Waals surface area (Å²) in [6.45, 7) is 4.12. The molecule has 0 rings (SSSR count). The summed E-state index contributed by atoms with van der Waals surface area (Å²) < 4.78 is 0. The molecule has 5 nitrogen and oxygen atoms in total. The highest BCUT2D eigenvalue weighted by atomic mass is 16.4. The topological polar surface area (TPSA) is 72.5 Å². The molecule has 1 atom stereocenters. The summed E-state index contributed by atoms with van der Waals surface area (Å²) in [5.74, 6) is -1.45. The molecular formula is C19H37N2O3-. The summed E-state index contributed by atoms with van der Waals surface area (Å²) >= 11 is 0. The van der Waals surface area contributed by atoms with Gasteiger partial charge in [0.2, 0.25) is 5.91 Å². The normalized spacial score (nSPS) is 13.7. The van der Waals surface area contributed by atoms with E-state index in [0.717, 1.165) is 19.3 Å². The van der Waals surface area contributed by atoms with Crippen molar-refractivity contribution in [2.75, 3.05) is 14.1 Å². The highest BCUT2D eigenvalue weighted by Crippen LogP contribution is 2.16. The third-order valence-corrected chi connectivity index (χ3v) is 4.57. The highest BCUT2D eigenvalue weighted by molar-refractivity contribution is 5.85. The minimum absolute atomic E-state index is 0.204. The first kappa shape index (κ1) is 22.9. The molecule has 0 bridgehead atoms. The van der Waals surface area contributed by atoms with E-state index in [4.69, 9.17) is 0 Å². The number of amides is 1. The van der Waals surface area contributed by atoms with E-state index in [1.807, 2.05) is 6.92 Å². The van der Waals surface area contributed by atoms with Crippen molar-refractivity contribution in [3.63, 3.8) is 0 Å². The SMILES string of the molecule is CCCCCCCCCCCC(=O)NC(CCC)(C(=O)[O-])N(C)C. The average Bonchev–Trinajstić information content (AvgIpc) is 2.52. The van der Waals surface area contributed by atoms with Crippen LogP contribution in [0.2, 0.25) is 0 Å². The fraction of sp³-hybridized carbons (Fsp3) is 0.895. The maximum atomic E-state index is 12.1. The first-order chi connectivity index (χ1) is 11.4. The van der Waals surface area contributed by atoms with Crippen LogP contribution in [-0.4, -0.2) is 36.5 Å². The zero-order chi connectivity index (χ0) is 18.4. The second-order valence-corrected chi connectivity index (χ2v) is 6.92. The van der Waals surface area contributed by atoms with Gasteiger partial charge in [-0.25, -0.2) is 0 Å². The van der Waals surface area contributed by atoms with E-state index in [9.17, 15) is 14.7 Å². The van der Waals surface area contributed by atoms with Crippen LogP contribution in [0.4, 0.5) is 0 Å². The Balaban J connectivity index is 4.04. The van der Waals surface area contributed by atoms with E-state index in [1.165, 1.54) is 43.4 Å². The molecule has 1 N–H and O–H groups in total. The van der Waals surface area contributed by atoms with E-state index < -0.39 is 11.6 Å². The van der Waals surface area contributed by atoms with Crippen LogP contribution in [0, 0.1) is 0 Å². The molecule has 0 fully saturated rings. The van der Waals surface area contributed by atoms with Crippen molar-refractivity contribution in [3.8, 4) is 0 Å². The molecule has 1 amide bonds. The van der Waals surface area contributed by atoms with Crippen LogP contribution < -0.4 is 10.4 Å². The van der Waals surface area contributed by atoms with E-state index in [-0.39, 0.29) is 5.91 Å². The summed E-state index contributed by atoms with van der Waals surface area (Å²) in [4.78, 5) is 25.2. The van der Waals surface area contributed by atoms with Gasteiger partial charge in [0, 0.05) is 6.42 Å². The van der Waals surface area contributed by atoms with Crippen molar-refractivity contribution in [2.45, 2.75) is 96.6 Å². The van der Waals surface area contributed by atoms with Gasteiger partial charge < -0.3 is 15.2 Å². The van der Waals surface area contributed by atoms with Crippen LogP contribution >= 0.6 is 0 Å². The third kappa shape index (κ3) is 8.67. The van der Waals surface area contributed by atoms with Gasteiger partial charge in [0.05, 0.1) is 5.97 Å². The Kier molecular flexibility index (Phi) is 12.6. The van der Waals surface area contributed by atoms with Crippen molar-refractivity contribution in [2.24, 2.45) is 0 Å². The molecule has 5 heteroatoms. The van der Waals surface area contributed by atoms with Crippen LogP contribution in [0.5, 0.6) is 0 Å². The number of carbonyl (C=O) groups excluding carboxylic acids is 2. The summed E-state index contributed by atoms with van der Waals surface area (Å²) in [5, 5.41) is 14.2. The second kappa shape index (κ2) is 13.2. The number of carbonyl (C=O) groups is 2. The molecule has 0 aromatic heterocycles. The number of carboxylic acids is 1. The van der Waals surface area contributed by atoms with Gasteiger partial charge in [-0.1, -0.05) is 71.6 Å². The van der Waals surface area contributed by atoms with E-state index in [1.54, 1.807) is 14.1 Å². The van der Waals surface area contributed by atoms with E-state index in [2.05, 4.69) is 12.2 Å². The summed E-state index contributed by atoms with van der Waals surface area (Å²) in [6.07, 6.45) is 12.1. The Morgan fingerprint density at radius 2 is 1.38 bits per heavy atom. The quantitative estimate of drug-likeness (QED) is 0.367.